The van der Waals surface area contributed by atoms with Gasteiger partial charge in [-0.2, -0.15) is 5.10 Å². The molecule has 0 aliphatic heterocycles. The van der Waals surface area contributed by atoms with Crippen molar-refractivity contribution >= 4 is 16.3 Å². The summed E-state index contributed by atoms with van der Waals surface area (Å²) in [7, 11) is 0. The second-order valence-electron chi connectivity index (χ2n) is 4.68. The third kappa shape index (κ3) is 1.73. The molecule has 0 aliphatic rings. The first kappa shape index (κ1) is 11.4. The van der Waals surface area contributed by atoms with E-state index in [1.807, 2.05) is 29.6 Å². The molecular formula is C14H15N3S. The van der Waals surface area contributed by atoms with E-state index in [2.05, 4.69) is 31.1 Å². The summed E-state index contributed by atoms with van der Waals surface area (Å²) in [6, 6.07) is 10.3. The first-order chi connectivity index (χ1) is 8.66. The molecule has 3 aromatic rings. The Morgan fingerprint density at radius 3 is 2.56 bits per heavy atom. The molecular weight excluding hydrogens is 242 g/mol. The Bertz CT molecular complexity index is 680. The van der Waals surface area contributed by atoms with Crippen molar-refractivity contribution in [3.05, 3.63) is 41.0 Å². The molecule has 3 nitrogen and oxygen atoms in total. The number of aryl methyl sites for hydroxylation is 1. The summed E-state index contributed by atoms with van der Waals surface area (Å²) in [6.07, 6.45) is 0. The van der Waals surface area contributed by atoms with Crippen LogP contribution >= 0.6 is 11.3 Å². The number of benzene rings is 1. The summed E-state index contributed by atoms with van der Waals surface area (Å²) in [6.45, 7) is 6.39. The van der Waals surface area contributed by atoms with E-state index in [1.165, 1.54) is 5.69 Å². The van der Waals surface area contributed by atoms with Crippen LogP contribution in [-0.4, -0.2) is 14.6 Å². The van der Waals surface area contributed by atoms with Crippen molar-refractivity contribution in [2.24, 2.45) is 0 Å². The first-order valence-electron chi connectivity index (χ1n) is 6.08. The maximum atomic E-state index is 4.74. The summed E-state index contributed by atoms with van der Waals surface area (Å²) in [5, 5.41) is 5.61. The number of nitrogens with zero attached hydrogens (tertiary/aromatic N) is 3. The van der Waals surface area contributed by atoms with Crippen LogP contribution < -0.4 is 0 Å². The number of rotatable bonds is 2. The van der Waals surface area contributed by atoms with Gasteiger partial charge in [0.2, 0.25) is 4.96 Å². The minimum absolute atomic E-state index is 0.400. The Labute approximate surface area is 110 Å². The highest BCUT2D eigenvalue weighted by molar-refractivity contribution is 7.16. The monoisotopic (exact) mass is 257 g/mol. The van der Waals surface area contributed by atoms with E-state index in [0.717, 1.165) is 21.2 Å². The molecule has 0 radical (unpaired) electrons. The lowest BCUT2D eigenvalue weighted by Crippen LogP contribution is -1.98. The highest BCUT2D eigenvalue weighted by atomic mass is 32.1. The summed E-state index contributed by atoms with van der Waals surface area (Å²) in [4.78, 5) is 5.73. The van der Waals surface area contributed by atoms with Crippen molar-refractivity contribution in [1.82, 2.24) is 14.6 Å². The fourth-order valence-electron chi connectivity index (χ4n) is 2.19. The minimum Gasteiger partial charge on any atom is -0.217 e. The van der Waals surface area contributed by atoms with Gasteiger partial charge in [-0.05, 0) is 12.8 Å². The zero-order valence-corrected chi connectivity index (χ0v) is 11.5. The van der Waals surface area contributed by atoms with E-state index in [1.54, 1.807) is 11.3 Å². The van der Waals surface area contributed by atoms with Gasteiger partial charge in [-0.3, -0.25) is 0 Å². The van der Waals surface area contributed by atoms with E-state index in [0.29, 0.717) is 5.92 Å². The lowest BCUT2D eigenvalue weighted by Gasteiger charge is -2.06. The van der Waals surface area contributed by atoms with Crippen LogP contribution in [0.4, 0.5) is 0 Å². The number of hydrogen-bond donors (Lipinski definition) is 0. The molecule has 18 heavy (non-hydrogen) atoms. The third-order valence-corrected chi connectivity index (χ3v) is 3.76. The maximum absolute atomic E-state index is 4.74. The van der Waals surface area contributed by atoms with Gasteiger partial charge in [-0.25, -0.2) is 9.50 Å². The van der Waals surface area contributed by atoms with Crippen LogP contribution in [0.15, 0.2) is 30.3 Å². The lowest BCUT2D eigenvalue weighted by atomic mass is 10.0. The molecule has 0 N–H and O–H groups in total. The molecule has 0 spiro atoms. The molecule has 3 rings (SSSR count). The molecule has 0 saturated carbocycles. The predicted molar refractivity (Wildman–Crippen MR) is 75.1 cm³/mol. The Hall–Kier alpha value is -1.68. The van der Waals surface area contributed by atoms with Crippen LogP contribution in [0.5, 0.6) is 0 Å². The van der Waals surface area contributed by atoms with Crippen LogP contribution in [0.3, 0.4) is 0 Å². The quantitative estimate of drug-likeness (QED) is 0.697. The Kier molecular flexibility index (Phi) is 2.67. The first-order valence-corrected chi connectivity index (χ1v) is 6.90. The van der Waals surface area contributed by atoms with Crippen LogP contribution in [0.25, 0.3) is 16.2 Å². The van der Waals surface area contributed by atoms with Crippen molar-refractivity contribution in [2.75, 3.05) is 0 Å². The largest absolute Gasteiger partial charge is 0.217 e. The highest BCUT2D eigenvalue weighted by Gasteiger charge is 2.19. The molecule has 4 heteroatoms. The molecule has 92 valence electrons. The molecule has 0 unspecified atom stereocenters. The predicted octanol–water partition coefficient (Wildman–Crippen LogP) is 3.89. The summed E-state index contributed by atoms with van der Waals surface area (Å²) >= 11 is 1.64. The molecule has 2 heterocycles. The summed E-state index contributed by atoms with van der Waals surface area (Å²) < 4.78 is 1.99. The second-order valence-corrected chi connectivity index (χ2v) is 5.84. The molecule has 0 bridgehead atoms. The molecule has 0 saturated heterocycles. The second kappa shape index (κ2) is 4.21. The van der Waals surface area contributed by atoms with Crippen LogP contribution in [0, 0.1) is 6.92 Å². The fourth-order valence-corrected chi connectivity index (χ4v) is 2.94. The lowest BCUT2D eigenvalue weighted by molar-refractivity contribution is 0.765. The number of fused-ring (bicyclic) bond motifs is 1. The van der Waals surface area contributed by atoms with Gasteiger partial charge in [0.25, 0.3) is 0 Å². The van der Waals surface area contributed by atoms with E-state index >= 15 is 0 Å². The molecule has 0 atom stereocenters. The van der Waals surface area contributed by atoms with Gasteiger partial charge < -0.3 is 0 Å². The van der Waals surface area contributed by atoms with Crippen LogP contribution in [0.2, 0.25) is 0 Å². The van der Waals surface area contributed by atoms with Gasteiger partial charge in [0.1, 0.15) is 5.01 Å². The molecule has 0 aliphatic carbocycles. The van der Waals surface area contributed by atoms with E-state index in [-0.39, 0.29) is 0 Å². The van der Waals surface area contributed by atoms with Gasteiger partial charge in [-0.1, -0.05) is 55.5 Å². The van der Waals surface area contributed by atoms with Gasteiger partial charge >= 0.3 is 0 Å². The Morgan fingerprint density at radius 1 is 1.17 bits per heavy atom. The average molecular weight is 257 g/mol. The molecule has 0 amide bonds. The fraction of sp³-hybridized carbons (Fsp3) is 0.286. The van der Waals surface area contributed by atoms with Crippen molar-refractivity contribution in [3.63, 3.8) is 0 Å². The topological polar surface area (TPSA) is 30.2 Å². The summed E-state index contributed by atoms with van der Waals surface area (Å²) in [5.41, 5.74) is 3.42. The average Bonchev–Trinajstić information content (AvgIpc) is 2.85. The van der Waals surface area contributed by atoms with Gasteiger partial charge in [0.05, 0.1) is 11.4 Å². The Balaban J connectivity index is 2.29. The zero-order chi connectivity index (χ0) is 12.7. The molecule has 1 aromatic carbocycles. The van der Waals surface area contributed by atoms with Gasteiger partial charge in [0.15, 0.2) is 0 Å². The van der Waals surface area contributed by atoms with Crippen molar-refractivity contribution in [2.45, 2.75) is 26.7 Å². The van der Waals surface area contributed by atoms with Crippen molar-refractivity contribution < 1.29 is 0 Å². The van der Waals surface area contributed by atoms with Crippen LogP contribution in [0.1, 0.15) is 30.5 Å². The zero-order valence-electron chi connectivity index (χ0n) is 10.7. The minimum atomic E-state index is 0.400. The standard InChI is InChI=1S/C14H15N3S/c1-9(2)13-12(11-7-5-4-6-8-11)15-14-17(13)16-10(3)18-14/h4-9H,1-3H3. The SMILES string of the molecule is Cc1nn2c(C(C)C)c(-c3ccccc3)nc2s1. The van der Waals surface area contributed by atoms with Crippen LogP contribution in [-0.2, 0) is 0 Å². The Morgan fingerprint density at radius 2 is 1.89 bits per heavy atom. The van der Waals surface area contributed by atoms with E-state index in [4.69, 9.17) is 4.98 Å². The number of aromatic nitrogens is 3. The third-order valence-electron chi connectivity index (χ3n) is 2.93. The normalized spacial score (nSPS) is 11.6. The number of hydrogen-bond acceptors (Lipinski definition) is 3. The van der Waals surface area contributed by atoms with E-state index in [9.17, 15) is 0 Å². The maximum Gasteiger partial charge on any atom is 0.212 e. The van der Waals surface area contributed by atoms with E-state index < -0.39 is 0 Å². The van der Waals surface area contributed by atoms with Crippen molar-refractivity contribution in [1.29, 1.82) is 0 Å². The summed E-state index contributed by atoms with van der Waals surface area (Å²) in [5.74, 6) is 0.400. The number of imidazole rings is 1. The van der Waals surface area contributed by atoms with Gasteiger partial charge in [-0.15, -0.1) is 0 Å². The highest BCUT2D eigenvalue weighted by Crippen LogP contribution is 2.31. The van der Waals surface area contributed by atoms with Crippen molar-refractivity contribution in [3.8, 4) is 11.3 Å². The molecule has 0 fully saturated rings. The van der Waals surface area contributed by atoms with Gasteiger partial charge in [0, 0.05) is 5.56 Å². The smallest absolute Gasteiger partial charge is 0.212 e. The molecule has 2 aromatic heterocycles.